The molecule has 0 aromatic heterocycles. The summed E-state index contributed by atoms with van der Waals surface area (Å²) in [7, 11) is 0. The molecule has 0 N–H and O–H groups in total. The Morgan fingerprint density at radius 2 is 1.93 bits per heavy atom. The normalized spacial score (nSPS) is 21.3. The first kappa shape index (κ1) is 10.1. The van der Waals surface area contributed by atoms with Gasteiger partial charge in [0, 0.05) is 4.75 Å². The van der Waals surface area contributed by atoms with Crippen LogP contribution in [-0.4, -0.2) is 0 Å². The van der Waals surface area contributed by atoms with Gasteiger partial charge in [-0.05, 0) is 24.8 Å². The molecule has 1 aromatic carbocycles. The van der Waals surface area contributed by atoms with Crippen LogP contribution in [0.15, 0.2) is 30.3 Å². The van der Waals surface area contributed by atoms with Gasteiger partial charge in [-0.25, -0.2) is 0 Å². The highest BCUT2D eigenvalue weighted by atomic mass is 32.1. The zero-order valence-electron chi connectivity index (χ0n) is 8.74. The van der Waals surface area contributed by atoms with E-state index in [0.717, 1.165) is 5.92 Å². The van der Waals surface area contributed by atoms with E-state index in [-0.39, 0.29) is 4.75 Å². The van der Waals surface area contributed by atoms with E-state index < -0.39 is 0 Å². The van der Waals surface area contributed by atoms with Crippen molar-refractivity contribution in [3.63, 3.8) is 0 Å². The van der Waals surface area contributed by atoms with Crippen LogP contribution in [0.1, 0.15) is 38.2 Å². The first-order chi connectivity index (χ1) is 6.68. The van der Waals surface area contributed by atoms with E-state index in [9.17, 15) is 0 Å². The molecule has 1 atom stereocenters. The third-order valence-corrected chi connectivity index (χ3v) is 3.75. The largest absolute Gasteiger partial charge is 0.168 e. The molecule has 0 heterocycles. The van der Waals surface area contributed by atoms with Crippen molar-refractivity contribution in [2.45, 2.75) is 37.4 Å². The maximum Gasteiger partial charge on any atom is 0.0352 e. The summed E-state index contributed by atoms with van der Waals surface area (Å²) in [5.74, 6) is 0.915. The van der Waals surface area contributed by atoms with Crippen molar-refractivity contribution in [2.75, 3.05) is 0 Å². The number of hydrogen-bond donors (Lipinski definition) is 1. The molecule has 1 unspecified atom stereocenters. The molecule has 1 aliphatic rings. The summed E-state index contributed by atoms with van der Waals surface area (Å²) in [5.41, 5.74) is 1.36. The maximum atomic E-state index is 4.80. The predicted octanol–water partition coefficient (Wildman–Crippen LogP) is 4.02. The molecule has 2 rings (SSSR count). The topological polar surface area (TPSA) is 0 Å². The Morgan fingerprint density at radius 1 is 1.29 bits per heavy atom. The molecule has 1 aliphatic carbocycles. The van der Waals surface area contributed by atoms with E-state index in [4.69, 9.17) is 12.6 Å². The van der Waals surface area contributed by atoms with Crippen LogP contribution in [0.4, 0.5) is 0 Å². The molecule has 0 radical (unpaired) electrons. The standard InChI is InChI=1S/C13H18S/c1-13(14,10-11-6-5-7-11)12-8-3-2-4-9-12/h2-4,8-9,11,14H,5-7,10H2,1H3. The highest BCUT2D eigenvalue weighted by Crippen LogP contribution is 2.41. The van der Waals surface area contributed by atoms with Crippen molar-refractivity contribution < 1.29 is 0 Å². The molecule has 1 aromatic rings. The summed E-state index contributed by atoms with van der Waals surface area (Å²) >= 11 is 4.80. The SMILES string of the molecule is CC(S)(CC1CCC1)c1ccccc1. The summed E-state index contributed by atoms with van der Waals surface area (Å²) in [6.07, 6.45) is 5.45. The lowest BCUT2D eigenvalue weighted by Gasteiger charge is -2.34. The highest BCUT2D eigenvalue weighted by Gasteiger charge is 2.29. The van der Waals surface area contributed by atoms with Gasteiger partial charge < -0.3 is 0 Å². The van der Waals surface area contributed by atoms with Gasteiger partial charge in [0.25, 0.3) is 0 Å². The lowest BCUT2D eigenvalue weighted by molar-refractivity contribution is 0.271. The molecule has 1 heteroatoms. The minimum Gasteiger partial charge on any atom is -0.168 e. The summed E-state index contributed by atoms with van der Waals surface area (Å²) in [5, 5.41) is 0. The average Bonchev–Trinajstić information content (AvgIpc) is 2.13. The summed E-state index contributed by atoms with van der Waals surface area (Å²) < 4.78 is 0.0619. The number of benzene rings is 1. The van der Waals surface area contributed by atoms with E-state index in [1.165, 1.54) is 31.2 Å². The van der Waals surface area contributed by atoms with Gasteiger partial charge in [0.1, 0.15) is 0 Å². The van der Waals surface area contributed by atoms with Gasteiger partial charge in [-0.3, -0.25) is 0 Å². The predicted molar refractivity (Wildman–Crippen MR) is 64.7 cm³/mol. The third kappa shape index (κ3) is 2.14. The second-order valence-corrected chi connectivity index (χ2v) is 5.63. The molecule has 0 bridgehead atoms. The summed E-state index contributed by atoms with van der Waals surface area (Å²) in [4.78, 5) is 0. The van der Waals surface area contributed by atoms with E-state index in [2.05, 4.69) is 37.3 Å². The van der Waals surface area contributed by atoms with E-state index in [0.29, 0.717) is 0 Å². The summed E-state index contributed by atoms with van der Waals surface area (Å²) in [6, 6.07) is 10.6. The summed E-state index contributed by atoms with van der Waals surface area (Å²) in [6.45, 7) is 2.24. The lowest BCUT2D eigenvalue weighted by Crippen LogP contribution is -2.23. The second kappa shape index (κ2) is 3.98. The van der Waals surface area contributed by atoms with Gasteiger partial charge in [0.2, 0.25) is 0 Å². The van der Waals surface area contributed by atoms with Crippen LogP contribution in [-0.2, 0) is 4.75 Å². The number of thiol groups is 1. The fraction of sp³-hybridized carbons (Fsp3) is 0.538. The van der Waals surface area contributed by atoms with Crippen molar-refractivity contribution in [2.24, 2.45) is 5.92 Å². The molecular weight excluding hydrogens is 188 g/mol. The van der Waals surface area contributed by atoms with Crippen LogP contribution in [0.25, 0.3) is 0 Å². The van der Waals surface area contributed by atoms with Gasteiger partial charge in [0.15, 0.2) is 0 Å². The van der Waals surface area contributed by atoms with E-state index in [1.807, 2.05) is 0 Å². The molecule has 0 aliphatic heterocycles. The monoisotopic (exact) mass is 206 g/mol. The fourth-order valence-electron chi connectivity index (χ4n) is 2.17. The molecule has 76 valence electrons. The van der Waals surface area contributed by atoms with Crippen LogP contribution < -0.4 is 0 Å². The Bertz CT molecular complexity index is 285. The van der Waals surface area contributed by atoms with Crippen molar-refractivity contribution in [3.05, 3.63) is 35.9 Å². The van der Waals surface area contributed by atoms with Crippen molar-refractivity contribution in [1.29, 1.82) is 0 Å². The molecule has 14 heavy (non-hydrogen) atoms. The fourth-order valence-corrected chi connectivity index (χ4v) is 2.58. The highest BCUT2D eigenvalue weighted by molar-refractivity contribution is 7.81. The van der Waals surface area contributed by atoms with Gasteiger partial charge >= 0.3 is 0 Å². The maximum absolute atomic E-state index is 4.80. The Hall–Kier alpha value is -0.430. The van der Waals surface area contributed by atoms with Crippen molar-refractivity contribution in [1.82, 2.24) is 0 Å². The van der Waals surface area contributed by atoms with E-state index >= 15 is 0 Å². The van der Waals surface area contributed by atoms with Crippen LogP contribution in [0.5, 0.6) is 0 Å². The first-order valence-corrected chi connectivity index (χ1v) is 5.91. The number of rotatable bonds is 3. The minimum atomic E-state index is 0.0619. The zero-order valence-corrected chi connectivity index (χ0v) is 9.63. The van der Waals surface area contributed by atoms with Gasteiger partial charge in [-0.15, -0.1) is 0 Å². The molecular formula is C13H18S. The van der Waals surface area contributed by atoms with Gasteiger partial charge in [0.05, 0.1) is 0 Å². The molecule has 0 nitrogen and oxygen atoms in total. The Kier molecular flexibility index (Phi) is 2.87. The molecule has 0 amide bonds. The van der Waals surface area contributed by atoms with Crippen LogP contribution in [0, 0.1) is 5.92 Å². The molecule has 1 saturated carbocycles. The Labute approximate surface area is 92.1 Å². The second-order valence-electron chi connectivity index (χ2n) is 4.64. The zero-order chi connectivity index (χ0) is 10.0. The molecule has 1 fully saturated rings. The quantitative estimate of drug-likeness (QED) is 0.709. The van der Waals surface area contributed by atoms with Gasteiger partial charge in [-0.1, -0.05) is 49.6 Å². The van der Waals surface area contributed by atoms with Crippen molar-refractivity contribution in [3.8, 4) is 0 Å². The Morgan fingerprint density at radius 3 is 2.43 bits per heavy atom. The minimum absolute atomic E-state index is 0.0619. The molecule has 0 saturated heterocycles. The van der Waals surface area contributed by atoms with Crippen LogP contribution in [0.3, 0.4) is 0 Å². The van der Waals surface area contributed by atoms with Crippen LogP contribution in [0.2, 0.25) is 0 Å². The third-order valence-electron chi connectivity index (χ3n) is 3.31. The van der Waals surface area contributed by atoms with E-state index in [1.54, 1.807) is 0 Å². The first-order valence-electron chi connectivity index (χ1n) is 5.46. The van der Waals surface area contributed by atoms with Gasteiger partial charge in [-0.2, -0.15) is 12.6 Å². The average molecular weight is 206 g/mol. The number of hydrogen-bond acceptors (Lipinski definition) is 1. The molecule has 0 spiro atoms. The van der Waals surface area contributed by atoms with Crippen LogP contribution >= 0.6 is 12.6 Å². The van der Waals surface area contributed by atoms with Crippen molar-refractivity contribution >= 4 is 12.6 Å². The lowest BCUT2D eigenvalue weighted by atomic mass is 9.77. The Balaban J connectivity index is 2.06. The smallest absolute Gasteiger partial charge is 0.0352 e.